The second kappa shape index (κ2) is 6.34. The molecule has 0 bridgehead atoms. The zero-order valence-electron chi connectivity index (χ0n) is 12.8. The van der Waals surface area contributed by atoms with E-state index in [-0.39, 0.29) is 17.5 Å². The van der Waals surface area contributed by atoms with Crippen LogP contribution >= 0.6 is 11.6 Å². The fraction of sp³-hybridized carbons (Fsp3) is 0.412. The van der Waals surface area contributed by atoms with Crippen molar-refractivity contribution in [2.24, 2.45) is 0 Å². The zero-order valence-corrected chi connectivity index (χ0v) is 13.5. The maximum absolute atomic E-state index is 12.4. The molecule has 1 saturated heterocycles. The van der Waals surface area contributed by atoms with E-state index in [0.29, 0.717) is 18.2 Å². The van der Waals surface area contributed by atoms with E-state index in [0.717, 1.165) is 18.4 Å². The fourth-order valence-electron chi connectivity index (χ4n) is 3.20. The molecule has 0 aliphatic carbocycles. The van der Waals surface area contributed by atoms with Crippen molar-refractivity contribution >= 4 is 23.3 Å². The first kappa shape index (κ1) is 16.0. The molecule has 5 nitrogen and oxygen atoms in total. The second-order valence-corrected chi connectivity index (χ2v) is 6.30. The molecule has 23 heavy (non-hydrogen) atoms. The molecule has 1 fully saturated rings. The third kappa shape index (κ3) is 2.99. The molecule has 1 aromatic rings. The summed E-state index contributed by atoms with van der Waals surface area (Å²) >= 11 is 5.92. The van der Waals surface area contributed by atoms with E-state index in [1.54, 1.807) is 24.3 Å². The van der Waals surface area contributed by atoms with Gasteiger partial charge in [-0.05, 0) is 37.5 Å². The van der Waals surface area contributed by atoms with Crippen LogP contribution in [0.25, 0.3) is 0 Å². The number of Topliss-reactive ketones (excluding diaryl/α,β-unsaturated/α-hetero) is 1. The van der Waals surface area contributed by atoms with E-state index < -0.39 is 17.7 Å². The Hall–Kier alpha value is -1.85. The summed E-state index contributed by atoms with van der Waals surface area (Å²) < 4.78 is 5.60. The monoisotopic (exact) mass is 335 g/mol. The minimum absolute atomic E-state index is 0.0622. The number of rotatable bonds is 4. The molecule has 2 heterocycles. The topological polar surface area (TPSA) is 66.8 Å². The zero-order chi connectivity index (χ0) is 16.6. The molecule has 0 radical (unpaired) electrons. The average molecular weight is 336 g/mol. The molecular weight excluding hydrogens is 318 g/mol. The van der Waals surface area contributed by atoms with E-state index >= 15 is 0 Å². The van der Waals surface area contributed by atoms with Gasteiger partial charge in [0.05, 0.1) is 17.7 Å². The lowest BCUT2D eigenvalue weighted by atomic mass is 9.96. The van der Waals surface area contributed by atoms with Gasteiger partial charge in [-0.1, -0.05) is 23.7 Å². The van der Waals surface area contributed by atoms with Crippen molar-refractivity contribution in [2.45, 2.75) is 31.9 Å². The SMILES string of the molecule is CC(=O)C1=C(O)C(=O)N(C[C@@H]2CCCO2)[C@H]1c1ccc(Cl)cc1. The third-order valence-electron chi connectivity index (χ3n) is 4.29. The summed E-state index contributed by atoms with van der Waals surface area (Å²) in [5.41, 5.74) is 0.880. The van der Waals surface area contributed by atoms with Crippen LogP contribution in [0.4, 0.5) is 0 Å². The first-order valence-corrected chi connectivity index (χ1v) is 7.99. The highest BCUT2D eigenvalue weighted by Gasteiger charge is 2.43. The van der Waals surface area contributed by atoms with Crippen molar-refractivity contribution < 1.29 is 19.4 Å². The van der Waals surface area contributed by atoms with Crippen LogP contribution in [0, 0.1) is 0 Å². The Morgan fingerprint density at radius 1 is 1.39 bits per heavy atom. The first-order chi connectivity index (χ1) is 11.0. The first-order valence-electron chi connectivity index (χ1n) is 7.61. The van der Waals surface area contributed by atoms with Gasteiger partial charge in [0.15, 0.2) is 11.5 Å². The number of carbonyl (C=O) groups excluding carboxylic acids is 2. The molecule has 2 atom stereocenters. The van der Waals surface area contributed by atoms with Crippen molar-refractivity contribution in [1.29, 1.82) is 0 Å². The van der Waals surface area contributed by atoms with Gasteiger partial charge in [-0.25, -0.2) is 0 Å². The van der Waals surface area contributed by atoms with Crippen LogP contribution < -0.4 is 0 Å². The maximum Gasteiger partial charge on any atom is 0.290 e. The van der Waals surface area contributed by atoms with Crippen molar-refractivity contribution in [1.82, 2.24) is 4.90 Å². The van der Waals surface area contributed by atoms with Gasteiger partial charge in [0.2, 0.25) is 0 Å². The number of ketones is 1. The predicted octanol–water partition coefficient (Wildman–Crippen LogP) is 2.80. The molecule has 1 N–H and O–H groups in total. The van der Waals surface area contributed by atoms with Crippen LogP contribution in [0.15, 0.2) is 35.6 Å². The number of hydrogen-bond donors (Lipinski definition) is 1. The Morgan fingerprint density at radius 3 is 2.65 bits per heavy atom. The standard InChI is InChI=1S/C17H18ClNO4/c1-10(20)14-15(11-4-6-12(18)7-5-11)19(17(22)16(14)21)9-13-3-2-8-23-13/h4-7,13,15,21H,2-3,8-9H2,1H3/t13-,15-/m0/s1. The summed E-state index contributed by atoms with van der Waals surface area (Å²) in [4.78, 5) is 25.9. The Kier molecular flexibility index (Phi) is 4.41. The third-order valence-corrected chi connectivity index (χ3v) is 4.55. The molecule has 0 unspecified atom stereocenters. The van der Waals surface area contributed by atoms with Crippen molar-refractivity contribution in [2.75, 3.05) is 13.2 Å². The van der Waals surface area contributed by atoms with Gasteiger partial charge in [-0.3, -0.25) is 9.59 Å². The summed E-state index contributed by atoms with van der Waals surface area (Å²) in [7, 11) is 0. The molecule has 0 saturated carbocycles. The molecule has 0 spiro atoms. The maximum atomic E-state index is 12.4. The molecule has 3 rings (SSSR count). The van der Waals surface area contributed by atoms with Gasteiger partial charge in [-0.2, -0.15) is 0 Å². The number of hydrogen-bond acceptors (Lipinski definition) is 4. The number of carbonyl (C=O) groups is 2. The van der Waals surface area contributed by atoms with Crippen molar-refractivity contribution in [3.63, 3.8) is 0 Å². The fourth-order valence-corrected chi connectivity index (χ4v) is 3.33. The highest BCUT2D eigenvalue weighted by atomic mass is 35.5. The van der Waals surface area contributed by atoms with Gasteiger partial charge in [0.1, 0.15) is 0 Å². The summed E-state index contributed by atoms with van der Waals surface area (Å²) in [6, 6.07) is 6.35. The highest BCUT2D eigenvalue weighted by Crippen LogP contribution is 2.38. The van der Waals surface area contributed by atoms with E-state index in [1.807, 2.05) is 0 Å². The van der Waals surface area contributed by atoms with E-state index in [4.69, 9.17) is 16.3 Å². The summed E-state index contributed by atoms with van der Waals surface area (Å²) in [5, 5.41) is 10.7. The minimum atomic E-state index is -0.596. The van der Waals surface area contributed by atoms with Crippen LogP contribution in [0.5, 0.6) is 0 Å². The van der Waals surface area contributed by atoms with Crippen LogP contribution in [0.1, 0.15) is 31.4 Å². The molecule has 1 aromatic carbocycles. The summed E-state index contributed by atoms with van der Waals surface area (Å²) in [5.74, 6) is -1.30. The smallest absolute Gasteiger partial charge is 0.290 e. The Balaban J connectivity index is 1.98. The average Bonchev–Trinajstić information content (AvgIpc) is 3.10. The minimum Gasteiger partial charge on any atom is -0.503 e. The van der Waals surface area contributed by atoms with Gasteiger partial charge in [0, 0.05) is 18.2 Å². The van der Waals surface area contributed by atoms with Gasteiger partial charge < -0.3 is 14.7 Å². The van der Waals surface area contributed by atoms with Crippen LogP contribution in [-0.4, -0.2) is 41.0 Å². The van der Waals surface area contributed by atoms with Gasteiger partial charge in [0.25, 0.3) is 5.91 Å². The number of aliphatic hydroxyl groups is 1. The lowest BCUT2D eigenvalue weighted by Gasteiger charge is -2.28. The van der Waals surface area contributed by atoms with Crippen molar-refractivity contribution in [3.8, 4) is 0 Å². The molecule has 1 amide bonds. The summed E-state index contributed by atoms with van der Waals surface area (Å²) in [6.07, 6.45) is 1.76. The lowest BCUT2D eigenvalue weighted by molar-refractivity contribution is -0.131. The predicted molar refractivity (Wildman–Crippen MR) is 85.2 cm³/mol. The van der Waals surface area contributed by atoms with Crippen molar-refractivity contribution in [3.05, 3.63) is 46.2 Å². The van der Waals surface area contributed by atoms with E-state index in [9.17, 15) is 14.7 Å². The molecule has 0 aromatic heterocycles. The molecule has 6 heteroatoms. The highest BCUT2D eigenvalue weighted by molar-refractivity contribution is 6.30. The second-order valence-electron chi connectivity index (χ2n) is 5.87. The Morgan fingerprint density at radius 2 is 2.09 bits per heavy atom. The number of amides is 1. The molecule has 2 aliphatic rings. The number of benzene rings is 1. The quantitative estimate of drug-likeness (QED) is 0.918. The molecular formula is C17H18ClNO4. The Labute approximate surface area is 139 Å². The lowest BCUT2D eigenvalue weighted by Crippen LogP contribution is -2.37. The van der Waals surface area contributed by atoms with E-state index in [1.165, 1.54) is 11.8 Å². The Bertz CT molecular complexity index is 662. The number of aliphatic hydroxyl groups excluding tert-OH is 1. The van der Waals surface area contributed by atoms with Crippen LogP contribution in [-0.2, 0) is 14.3 Å². The number of nitrogens with zero attached hydrogens (tertiary/aromatic N) is 1. The molecule has 2 aliphatic heterocycles. The number of ether oxygens (including phenoxy) is 1. The number of halogens is 1. The van der Waals surface area contributed by atoms with Crippen LogP contribution in [0.2, 0.25) is 5.02 Å². The largest absolute Gasteiger partial charge is 0.503 e. The molecule has 122 valence electrons. The normalized spacial score (nSPS) is 24.6. The van der Waals surface area contributed by atoms with Crippen LogP contribution in [0.3, 0.4) is 0 Å². The van der Waals surface area contributed by atoms with Gasteiger partial charge >= 0.3 is 0 Å². The van der Waals surface area contributed by atoms with E-state index in [2.05, 4.69) is 0 Å². The van der Waals surface area contributed by atoms with Gasteiger partial charge in [-0.15, -0.1) is 0 Å². The summed E-state index contributed by atoms with van der Waals surface area (Å²) in [6.45, 7) is 2.39.